The number of hydrogen-bond acceptors (Lipinski definition) is 2. The Labute approximate surface area is 116 Å². The minimum atomic E-state index is 0.598. The molecular weight excluding hydrogens is 290 g/mol. The van der Waals surface area contributed by atoms with Crippen molar-refractivity contribution in [1.82, 2.24) is 9.55 Å². The van der Waals surface area contributed by atoms with E-state index in [1.807, 2.05) is 24.5 Å². The molecule has 96 valence electrons. The van der Waals surface area contributed by atoms with Gasteiger partial charge >= 0.3 is 0 Å². The van der Waals surface area contributed by atoms with Gasteiger partial charge in [-0.15, -0.1) is 0 Å². The normalized spacial score (nSPS) is 10.9. The van der Waals surface area contributed by atoms with Gasteiger partial charge in [0, 0.05) is 23.4 Å². The number of benzene rings is 1. The van der Waals surface area contributed by atoms with Gasteiger partial charge in [-0.05, 0) is 40.4 Å². The molecule has 18 heavy (non-hydrogen) atoms. The molecule has 0 spiro atoms. The maximum absolute atomic E-state index is 4.37. The molecule has 4 heteroatoms. The predicted octanol–water partition coefficient (Wildman–Crippen LogP) is 4.35. The lowest BCUT2D eigenvalue weighted by Crippen LogP contribution is -2.07. The summed E-state index contributed by atoms with van der Waals surface area (Å²) in [6.07, 6.45) is 3.83. The summed E-state index contributed by atoms with van der Waals surface area (Å²) >= 11 is 3.60. The smallest absolute Gasteiger partial charge is 0.207 e. The predicted molar refractivity (Wildman–Crippen MR) is 79.2 cm³/mol. The largest absolute Gasteiger partial charge is 0.325 e. The summed E-state index contributed by atoms with van der Waals surface area (Å²) in [4.78, 5) is 4.37. The van der Waals surface area contributed by atoms with E-state index in [2.05, 4.69) is 57.6 Å². The molecule has 3 nitrogen and oxygen atoms in total. The number of hydrogen-bond donors (Lipinski definition) is 1. The van der Waals surface area contributed by atoms with Crippen LogP contribution < -0.4 is 5.32 Å². The van der Waals surface area contributed by atoms with Gasteiger partial charge in [0.25, 0.3) is 0 Å². The first-order valence-electron chi connectivity index (χ1n) is 6.11. The molecule has 0 saturated carbocycles. The molecule has 0 amide bonds. The minimum Gasteiger partial charge on any atom is -0.325 e. The van der Waals surface area contributed by atoms with Crippen LogP contribution in [0.3, 0.4) is 0 Å². The summed E-state index contributed by atoms with van der Waals surface area (Å²) in [6, 6.07) is 6.17. The lowest BCUT2D eigenvalue weighted by Gasteiger charge is -2.13. The fourth-order valence-corrected chi connectivity index (χ4v) is 2.20. The summed E-state index contributed by atoms with van der Waals surface area (Å²) in [5.74, 6) is 1.48. The number of aryl methyl sites for hydroxylation is 1. The van der Waals surface area contributed by atoms with Gasteiger partial charge in [-0.2, -0.15) is 0 Å². The Morgan fingerprint density at radius 1 is 1.39 bits per heavy atom. The fraction of sp³-hybridized carbons (Fsp3) is 0.357. The fourth-order valence-electron chi connectivity index (χ4n) is 1.84. The minimum absolute atomic E-state index is 0.598. The van der Waals surface area contributed by atoms with Crippen LogP contribution in [-0.2, 0) is 6.54 Å². The zero-order valence-electron chi connectivity index (χ0n) is 10.9. The number of aromatic nitrogens is 2. The van der Waals surface area contributed by atoms with Crippen molar-refractivity contribution in [2.45, 2.75) is 27.3 Å². The van der Waals surface area contributed by atoms with E-state index in [0.29, 0.717) is 5.92 Å². The third-order valence-electron chi connectivity index (χ3n) is 2.72. The van der Waals surface area contributed by atoms with Crippen molar-refractivity contribution >= 4 is 27.6 Å². The lowest BCUT2D eigenvalue weighted by atomic mass is 10.2. The Morgan fingerprint density at radius 2 is 2.17 bits per heavy atom. The maximum atomic E-state index is 4.37. The highest BCUT2D eigenvalue weighted by atomic mass is 79.9. The summed E-state index contributed by atoms with van der Waals surface area (Å²) in [7, 11) is 0. The molecule has 0 aliphatic rings. The maximum Gasteiger partial charge on any atom is 0.207 e. The summed E-state index contributed by atoms with van der Waals surface area (Å²) in [6.45, 7) is 7.44. The molecule has 0 bridgehead atoms. The van der Waals surface area contributed by atoms with Crippen molar-refractivity contribution in [2.24, 2.45) is 5.92 Å². The van der Waals surface area contributed by atoms with E-state index in [-0.39, 0.29) is 0 Å². The van der Waals surface area contributed by atoms with E-state index in [1.54, 1.807) is 0 Å². The van der Waals surface area contributed by atoms with Crippen LogP contribution >= 0.6 is 15.9 Å². The number of nitrogens with one attached hydrogen (secondary N) is 1. The van der Waals surface area contributed by atoms with Gasteiger partial charge in [-0.3, -0.25) is 0 Å². The van der Waals surface area contributed by atoms with Crippen molar-refractivity contribution in [3.63, 3.8) is 0 Å². The van der Waals surface area contributed by atoms with Crippen LogP contribution in [0, 0.1) is 12.8 Å². The molecule has 0 unspecified atom stereocenters. The molecule has 0 saturated heterocycles. The number of anilines is 2. The third kappa shape index (κ3) is 2.93. The molecule has 1 aromatic heterocycles. The molecular formula is C14H18BrN3. The van der Waals surface area contributed by atoms with Crippen molar-refractivity contribution in [3.05, 3.63) is 40.6 Å². The van der Waals surface area contributed by atoms with Gasteiger partial charge in [-0.25, -0.2) is 4.98 Å². The monoisotopic (exact) mass is 307 g/mol. The van der Waals surface area contributed by atoms with Crippen LogP contribution in [0.5, 0.6) is 0 Å². The summed E-state index contributed by atoms with van der Waals surface area (Å²) in [5, 5.41) is 3.37. The highest BCUT2D eigenvalue weighted by Crippen LogP contribution is 2.28. The second-order valence-electron chi connectivity index (χ2n) is 4.86. The molecule has 0 radical (unpaired) electrons. The zero-order valence-corrected chi connectivity index (χ0v) is 12.5. The molecule has 2 aromatic rings. The van der Waals surface area contributed by atoms with Gasteiger partial charge < -0.3 is 9.88 Å². The molecule has 1 N–H and O–H groups in total. The molecule has 0 atom stereocenters. The number of rotatable bonds is 4. The van der Waals surface area contributed by atoms with E-state index >= 15 is 0 Å². The topological polar surface area (TPSA) is 29.9 Å². The Morgan fingerprint density at radius 3 is 2.89 bits per heavy atom. The zero-order chi connectivity index (χ0) is 13.1. The highest BCUT2D eigenvalue weighted by Gasteiger charge is 2.07. The van der Waals surface area contributed by atoms with Gasteiger partial charge in [-0.1, -0.05) is 26.0 Å². The first kappa shape index (κ1) is 13.1. The van der Waals surface area contributed by atoms with Crippen LogP contribution in [0.25, 0.3) is 0 Å². The van der Waals surface area contributed by atoms with E-state index in [4.69, 9.17) is 0 Å². The SMILES string of the molecule is Cc1cccc(Nc2nccn2CC(C)C)c1Br. The van der Waals surface area contributed by atoms with Crippen LogP contribution in [0.1, 0.15) is 19.4 Å². The van der Waals surface area contributed by atoms with Crippen LogP contribution in [0.15, 0.2) is 35.1 Å². The first-order valence-corrected chi connectivity index (χ1v) is 6.90. The highest BCUT2D eigenvalue weighted by molar-refractivity contribution is 9.10. The Kier molecular flexibility index (Phi) is 4.07. The van der Waals surface area contributed by atoms with Gasteiger partial charge in [0.1, 0.15) is 0 Å². The second-order valence-corrected chi connectivity index (χ2v) is 5.65. The van der Waals surface area contributed by atoms with Gasteiger partial charge in [0.15, 0.2) is 0 Å². The van der Waals surface area contributed by atoms with E-state index in [0.717, 1.165) is 22.7 Å². The van der Waals surface area contributed by atoms with Gasteiger partial charge in [0.05, 0.1) is 5.69 Å². The Hall–Kier alpha value is -1.29. The molecule has 0 aliphatic carbocycles. The second kappa shape index (κ2) is 5.57. The van der Waals surface area contributed by atoms with Crippen LogP contribution in [0.4, 0.5) is 11.6 Å². The molecule has 0 fully saturated rings. The molecule has 1 heterocycles. The first-order chi connectivity index (χ1) is 8.58. The number of halogens is 1. The molecule has 1 aromatic carbocycles. The number of nitrogens with zero attached hydrogens (tertiary/aromatic N) is 2. The summed E-state index contributed by atoms with van der Waals surface area (Å²) in [5.41, 5.74) is 2.26. The lowest BCUT2D eigenvalue weighted by molar-refractivity contribution is 0.527. The van der Waals surface area contributed by atoms with Crippen molar-refractivity contribution in [1.29, 1.82) is 0 Å². The quantitative estimate of drug-likeness (QED) is 0.910. The van der Waals surface area contributed by atoms with E-state index < -0.39 is 0 Å². The van der Waals surface area contributed by atoms with Crippen LogP contribution in [-0.4, -0.2) is 9.55 Å². The van der Waals surface area contributed by atoms with Crippen molar-refractivity contribution in [2.75, 3.05) is 5.32 Å². The van der Waals surface area contributed by atoms with E-state index in [9.17, 15) is 0 Å². The standard InChI is InChI=1S/C14H18BrN3/c1-10(2)9-18-8-7-16-14(18)17-12-6-4-5-11(3)13(12)15/h4-8,10H,9H2,1-3H3,(H,16,17). The van der Waals surface area contributed by atoms with E-state index in [1.165, 1.54) is 5.56 Å². The average Bonchev–Trinajstić information content (AvgIpc) is 2.72. The van der Waals surface area contributed by atoms with Gasteiger partial charge in [0.2, 0.25) is 5.95 Å². The molecule has 0 aliphatic heterocycles. The van der Waals surface area contributed by atoms with Crippen LogP contribution in [0.2, 0.25) is 0 Å². The Balaban J connectivity index is 2.24. The average molecular weight is 308 g/mol. The van der Waals surface area contributed by atoms with Crippen molar-refractivity contribution < 1.29 is 0 Å². The third-order valence-corrected chi connectivity index (χ3v) is 3.77. The van der Waals surface area contributed by atoms with Crippen molar-refractivity contribution in [3.8, 4) is 0 Å². The molecule has 2 rings (SSSR count). The number of imidazole rings is 1. The summed E-state index contributed by atoms with van der Waals surface area (Å²) < 4.78 is 3.23. The Bertz CT molecular complexity index is 532.